The summed E-state index contributed by atoms with van der Waals surface area (Å²) in [4.78, 5) is 13.1. The van der Waals surface area contributed by atoms with E-state index in [-0.39, 0.29) is 10.6 Å². The zero-order valence-corrected chi connectivity index (χ0v) is 20.8. The first-order valence-corrected chi connectivity index (χ1v) is 12.7. The van der Waals surface area contributed by atoms with Crippen LogP contribution in [0.1, 0.15) is 18.5 Å². The van der Waals surface area contributed by atoms with E-state index in [4.69, 9.17) is 25.8 Å². The molecule has 1 amide bonds. The van der Waals surface area contributed by atoms with E-state index in [1.54, 1.807) is 36.4 Å². The molecule has 0 aromatic heterocycles. The summed E-state index contributed by atoms with van der Waals surface area (Å²) in [6.07, 6.45) is 0. The van der Waals surface area contributed by atoms with E-state index >= 15 is 0 Å². The average Bonchev–Trinajstić information content (AvgIpc) is 2.86. The van der Waals surface area contributed by atoms with Gasteiger partial charge in [-0.25, -0.2) is 8.42 Å². The number of nitrogens with zero attached hydrogens (tertiary/aromatic N) is 1. The number of methoxy groups -OCH3 is 1. The monoisotopic (exact) mass is 516 g/mol. The SMILES string of the molecule is COc1ccc(S(=O)(=O)N(CC(=O)N[C@@H](C)c2ccc3c(c2)OCCO3)c2cccc(Cl)c2)cc1. The molecule has 4 rings (SSSR count). The Balaban J connectivity index is 1.57. The third-order valence-corrected chi connectivity index (χ3v) is 7.50. The second-order valence-corrected chi connectivity index (χ2v) is 10.2. The van der Waals surface area contributed by atoms with Gasteiger partial charge in [-0.1, -0.05) is 23.7 Å². The molecule has 0 aliphatic carbocycles. The number of nitrogens with one attached hydrogen (secondary N) is 1. The van der Waals surface area contributed by atoms with Crippen LogP contribution in [0, 0.1) is 0 Å². The third-order valence-electron chi connectivity index (χ3n) is 5.47. The van der Waals surface area contributed by atoms with Gasteiger partial charge in [0.15, 0.2) is 11.5 Å². The molecule has 0 saturated carbocycles. The molecule has 35 heavy (non-hydrogen) atoms. The molecule has 10 heteroatoms. The van der Waals surface area contributed by atoms with Gasteiger partial charge in [-0.15, -0.1) is 0 Å². The van der Waals surface area contributed by atoms with Crippen molar-refractivity contribution in [3.63, 3.8) is 0 Å². The van der Waals surface area contributed by atoms with Crippen LogP contribution in [0.25, 0.3) is 0 Å². The molecule has 3 aromatic carbocycles. The van der Waals surface area contributed by atoms with E-state index in [0.717, 1.165) is 9.87 Å². The second kappa shape index (κ2) is 10.5. The van der Waals surface area contributed by atoms with Crippen LogP contribution in [-0.4, -0.2) is 41.2 Å². The maximum atomic E-state index is 13.5. The number of hydrogen-bond donors (Lipinski definition) is 1. The number of hydrogen-bond acceptors (Lipinski definition) is 6. The molecule has 0 unspecified atom stereocenters. The molecule has 1 aliphatic heterocycles. The largest absolute Gasteiger partial charge is 0.497 e. The van der Waals surface area contributed by atoms with Gasteiger partial charge >= 0.3 is 0 Å². The smallest absolute Gasteiger partial charge is 0.264 e. The Morgan fingerprint density at radius 3 is 2.46 bits per heavy atom. The molecule has 1 atom stereocenters. The first-order valence-electron chi connectivity index (χ1n) is 10.9. The Morgan fingerprint density at radius 2 is 1.77 bits per heavy atom. The summed E-state index contributed by atoms with van der Waals surface area (Å²) >= 11 is 6.12. The fraction of sp³-hybridized carbons (Fsp3) is 0.240. The van der Waals surface area contributed by atoms with E-state index in [1.165, 1.54) is 25.3 Å². The predicted octanol–water partition coefficient (Wildman–Crippen LogP) is 4.19. The van der Waals surface area contributed by atoms with Gasteiger partial charge in [-0.2, -0.15) is 0 Å². The minimum atomic E-state index is -4.08. The van der Waals surface area contributed by atoms with Crippen molar-refractivity contribution in [3.05, 3.63) is 77.3 Å². The summed E-state index contributed by atoms with van der Waals surface area (Å²) in [6.45, 7) is 2.31. The Hall–Kier alpha value is -3.43. The summed E-state index contributed by atoms with van der Waals surface area (Å²) in [6, 6.07) is 17.3. The third kappa shape index (κ3) is 5.63. The number of ether oxygens (including phenoxy) is 3. The summed E-state index contributed by atoms with van der Waals surface area (Å²) in [5, 5.41) is 3.21. The summed E-state index contributed by atoms with van der Waals surface area (Å²) in [5.41, 5.74) is 1.07. The average molecular weight is 517 g/mol. The number of amides is 1. The van der Waals surface area contributed by atoms with Gasteiger partial charge in [-0.05, 0) is 67.1 Å². The molecule has 3 aromatic rings. The van der Waals surface area contributed by atoms with Crippen molar-refractivity contribution < 1.29 is 27.4 Å². The zero-order chi connectivity index (χ0) is 25.0. The van der Waals surface area contributed by atoms with E-state index in [1.807, 2.05) is 19.1 Å². The molecular weight excluding hydrogens is 492 g/mol. The van der Waals surface area contributed by atoms with Crippen LogP contribution in [-0.2, 0) is 14.8 Å². The van der Waals surface area contributed by atoms with Crippen LogP contribution in [0.5, 0.6) is 17.2 Å². The molecule has 0 radical (unpaired) electrons. The van der Waals surface area contributed by atoms with Gasteiger partial charge in [0.25, 0.3) is 10.0 Å². The Labute approximate surface area is 209 Å². The van der Waals surface area contributed by atoms with Crippen molar-refractivity contribution in [1.29, 1.82) is 0 Å². The highest BCUT2D eigenvalue weighted by Gasteiger charge is 2.28. The number of halogens is 1. The van der Waals surface area contributed by atoms with Crippen molar-refractivity contribution in [3.8, 4) is 17.2 Å². The van der Waals surface area contributed by atoms with Crippen molar-refractivity contribution in [2.45, 2.75) is 17.9 Å². The highest BCUT2D eigenvalue weighted by molar-refractivity contribution is 7.92. The first-order chi connectivity index (χ1) is 16.8. The Kier molecular flexibility index (Phi) is 7.37. The van der Waals surface area contributed by atoms with Crippen LogP contribution in [0.2, 0.25) is 5.02 Å². The van der Waals surface area contributed by atoms with Crippen molar-refractivity contribution in [2.24, 2.45) is 0 Å². The molecule has 1 N–H and O–H groups in total. The summed E-state index contributed by atoms with van der Waals surface area (Å²) in [7, 11) is -2.59. The minimum absolute atomic E-state index is 0.0194. The topological polar surface area (TPSA) is 94.2 Å². The number of sulfonamides is 1. The number of carbonyl (C=O) groups is 1. The van der Waals surface area contributed by atoms with Crippen LogP contribution in [0.3, 0.4) is 0 Å². The number of fused-ring (bicyclic) bond motifs is 1. The Bertz CT molecular complexity index is 1310. The number of carbonyl (C=O) groups excluding carboxylic acids is 1. The molecule has 184 valence electrons. The molecule has 8 nitrogen and oxygen atoms in total. The van der Waals surface area contributed by atoms with E-state index in [9.17, 15) is 13.2 Å². The van der Waals surface area contributed by atoms with E-state index < -0.39 is 28.5 Å². The second-order valence-electron chi connectivity index (χ2n) is 7.86. The van der Waals surface area contributed by atoms with E-state index in [2.05, 4.69) is 5.32 Å². The summed E-state index contributed by atoms with van der Waals surface area (Å²) in [5.74, 6) is 1.29. The van der Waals surface area contributed by atoms with Gasteiger partial charge in [0, 0.05) is 5.02 Å². The van der Waals surface area contributed by atoms with Crippen LogP contribution >= 0.6 is 11.6 Å². The normalized spacial score (nSPS) is 13.6. The molecule has 0 bridgehead atoms. The molecular formula is C25H25ClN2O6S. The zero-order valence-electron chi connectivity index (χ0n) is 19.2. The molecule has 0 saturated heterocycles. The molecule has 1 aliphatic rings. The van der Waals surface area contributed by atoms with Crippen LogP contribution in [0.4, 0.5) is 5.69 Å². The molecule has 0 spiro atoms. The number of rotatable bonds is 8. The standard InChI is InChI=1S/C25H25ClN2O6S/c1-17(18-6-11-23-24(14-18)34-13-12-33-23)27-25(29)16-28(20-5-3-4-19(26)15-20)35(30,31)22-9-7-21(32-2)8-10-22/h3-11,14-15,17H,12-13,16H2,1-2H3,(H,27,29)/t17-/m0/s1. The lowest BCUT2D eigenvalue weighted by Gasteiger charge is -2.26. The van der Waals surface area contributed by atoms with Crippen molar-refractivity contribution >= 4 is 33.2 Å². The van der Waals surface area contributed by atoms with Gasteiger partial charge in [0.1, 0.15) is 25.5 Å². The van der Waals surface area contributed by atoms with Crippen molar-refractivity contribution in [2.75, 3.05) is 31.2 Å². The van der Waals surface area contributed by atoms with Gasteiger partial charge in [0.05, 0.1) is 23.7 Å². The van der Waals surface area contributed by atoms with Gasteiger partial charge in [0.2, 0.25) is 5.91 Å². The van der Waals surface area contributed by atoms with Gasteiger partial charge < -0.3 is 19.5 Å². The molecule has 1 heterocycles. The quantitative estimate of drug-likeness (QED) is 0.482. The van der Waals surface area contributed by atoms with E-state index in [0.29, 0.717) is 35.5 Å². The van der Waals surface area contributed by atoms with Gasteiger partial charge in [-0.3, -0.25) is 9.10 Å². The first kappa shape index (κ1) is 24.7. The van der Waals surface area contributed by atoms with Crippen molar-refractivity contribution in [1.82, 2.24) is 5.32 Å². The van der Waals surface area contributed by atoms with Crippen LogP contribution in [0.15, 0.2) is 71.6 Å². The highest BCUT2D eigenvalue weighted by Crippen LogP contribution is 2.33. The highest BCUT2D eigenvalue weighted by atomic mass is 35.5. The molecule has 0 fully saturated rings. The lowest BCUT2D eigenvalue weighted by Crippen LogP contribution is -2.41. The predicted molar refractivity (Wildman–Crippen MR) is 133 cm³/mol. The van der Waals surface area contributed by atoms with Crippen LogP contribution < -0.4 is 23.8 Å². The maximum absolute atomic E-state index is 13.5. The maximum Gasteiger partial charge on any atom is 0.264 e. The fourth-order valence-corrected chi connectivity index (χ4v) is 5.25. The summed E-state index contributed by atoms with van der Waals surface area (Å²) < 4.78 is 44.4. The number of benzene rings is 3. The number of anilines is 1. The fourth-order valence-electron chi connectivity index (χ4n) is 3.65. The minimum Gasteiger partial charge on any atom is -0.497 e. The Morgan fingerprint density at radius 1 is 1.06 bits per heavy atom. The lowest BCUT2D eigenvalue weighted by molar-refractivity contribution is -0.120. The lowest BCUT2D eigenvalue weighted by atomic mass is 10.1.